The van der Waals surface area contributed by atoms with E-state index in [4.69, 9.17) is 9.84 Å². The van der Waals surface area contributed by atoms with Crippen molar-refractivity contribution in [3.05, 3.63) is 0 Å². The molecule has 4 atom stereocenters. The number of carboxylic acids is 1. The SMILES string of the molecule is O=C(O)CCN1C[C@@H]2[C@H](CNC(=O)C3CCCCCC3)[C@H]3CC[C@]2(C1)O3. The van der Waals surface area contributed by atoms with E-state index < -0.39 is 5.97 Å². The summed E-state index contributed by atoms with van der Waals surface area (Å²) in [5.74, 6) is 0.515. The number of nitrogens with one attached hydrogen (secondary N) is 1. The average molecular weight is 364 g/mol. The average Bonchev–Trinajstić information content (AvgIpc) is 3.18. The lowest BCUT2D eigenvalue weighted by molar-refractivity contribution is -0.137. The Bertz CT molecular complexity index is 546. The first-order valence-electron chi connectivity index (χ1n) is 10.5. The van der Waals surface area contributed by atoms with Crippen molar-refractivity contribution in [3.8, 4) is 0 Å². The molecule has 1 saturated carbocycles. The topological polar surface area (TPSA) is 78.9 Å². The molecule has 2 N–H and O–H groups in total. The van der Waals surface area contributed by atoms with Gasteiger partial charge in [-0.2, -0.15) is 0 Å². The number of fused-ring (bicyclic) bond motifs is 1. The molecule has 4 fully saturated rings. The number of hydrogen-bond acceptors (Lipinski definition) is 4. The van der Waals surface area contributed by atoms with Crippen LogP contribution in [-0.4, -0.2) is 59.8 Å². The monoisotopic (exact) mass is 364 g/mol. The maximum Gasteiger partial charge on any atom is 0.304 e. The van der Waals surface area contributed by atoms with Gasteiger partial charge in [0.25, 0.3) is 0 Å². The molecule has 2 bridgehead atoms. The molecule has 1 aliphatic carbocycles. The standard InChI is InChI=1S/C20H32N2O4/c23-18(24)8-10-22-12-16-15(17-7-9-20(16,13-22)26-17)11-21-19(25)14-5-3-1-2-4-6-14/h14-17H,1-13H2,(H,21,25)(H,23,24)/t15-,16+,17+,20+/m0/s1. The van der Waals surface area contributed by atoms with Gasteiger partial charge in [-0.25, -0.2) is 0 Å². The second kappa shape index (κ2) is 7.47. The number of hydrogen-bond donors (Lipinski definition) is 2. The molecule has 0 radical (unpaired) electrons. The molecule has 0 aromatic rings. The molecule has 3 heterocycles. The quantitative estimate of drug-likeness (QED) is 0.705. The van der Waals surface area contributed by atoms with Crippen LogP contribution in [0, 0.1) is 17.8 Å². The highest BCUT2D eigenvalue weighted by molar-refractivity contribution is 5.78. The predicted molar refractivity (Wildman–Crippen MR) is 96.7 cm³/mol. The fraction of sp³-hybridized carbons (Fsp3) is 0.900. The summed E-state index contributed by atoms with van der Waals surface area (Å²) in [5, 5.41) is 12.2. The highest BCUT2D eigenvalue weighted by Gasteiger charge is 2.62. The molecule has 1 spiro atoms. The number of nitrogens with zero attached hydrogens (tertiary/aromatic N) is 1. The number of carboxylic acid groups (broad SMARTS) is 1. The van der Waals surface area contributed by atoms with Crippen LogP contribution < -0.4 is 5.32 Å². The van der Waals surface area contributed by atoms with Crippen LogP contribution in [0.25, 0.3) is 0 Å². The molecule has 6 nitrogen and oxygen atoms in total. The number of rotatable bonds is 6. The van der Waals surface area contributed by atoms with Crippen LogP contribution in [0.2, 0.25) is 0 Å². The summed E-state index contributed by atoms with van der Waals surface area (Å²) in [6.45, 7) is 3.09. The van der Waals surface area contributed by atoms with Crippen LogP contribution >= 0.6 is 0 Å². The molecule has 4 rings (SSSR count). The van der Waals surface area contributed by atoms with Crippen LogP contribution in [0.4, 0.5) is 0 Å². The molecular formula is C20H32N2O4. The maximum absolute atomic E-state index is 12.6. The molecule has 0 unspecified atom stereocenters. The van der Waals surface area contributed by atoms with Crippen molar-refractivity contribution in [2.75, 3.05) is 26.2 Å². The smallest absolute Gasteiger partial charge is 0.304 e. The molecule has 4 aliphatic rings. The Morgan fingerprint density at radius 1 is 1.15 bits per heavy atom. The number of aliphatic carboxylic acids is 1. The van der Waals surface area contributed by atoms with Gasteiger partial charge in [0.1, 0.15) is 0 Å². The van der Waals surface area contributed by atoms with Crippen molar-refractivity contribution in [3.63, 3.8) is 0 Å². The minimum absolute atomic E-state index is 0.0825. The fourth-order valence-corrected chi connectivity index (χ4v) is 5.89. The molecule has 146 valence electrons. The van der Waals surface area contributed by atoms with Crippen LogP contribution in [0.15, 0.2) is 0 Å². The van der Waals surface area contributed by atoms with Crippen molar-refractivity contribution in [2.24, 2.45) is 17.8 Å². The van der Waals surface area contributed by atoms with Gasteiger partial charge < -0.3 is 15.2 Å². The zero-order chi connectivity index (χ0) is 18.1. The van der Waals surface area contributed by atoms with Gasteiger partial charge in [-0.1, -0.05) is 25.7 Å². The lowest BCUT2D eigenvalue weighted by Crippen LogP contribution is -2.43. The zero-order valence-corrected chi connectivity index (χ0v) is 15.6. The van der Waals surface area contributed by atoms with Crippen LogP contribution in [0.3, 0.4) is 0 Å². The van der Waals surface area contributed by atoms with Gasteiger partial charge in [-0.05, 0) is 25.7 Å². The predicted octanol–water partition coefficient (Wildman–Crippen LogP) is 2.03. The first kappa shape index (κ1) is 18.2. The van der Waals surface area contributed by atoms with E-state index in [0.29, 0.717) is 18.4 Å². The third-order valence-corrected chi connectivity index (χ3v) is 7.23. The van der Waals surface area contributed by atoms with Crippen LogP contribution in [0.5, 0.6) is 0 Å². The van der Waals surface area contributed by atoms with E-state index in [2.05, 4.69) is 10.2 Å². The Kier molecular flexibility index (Phi) is 5.24. The van der Waals surface area contributed by atoms with Gasteiger partial charge >= 0.3 is 5.97 Å². The molecule has 0 aromatic heterocycles. The number of carbonyl (C=O) groups is 2. The largest absolute Gasteiger partial charge is 0.481 e. The number of ether oxygens (including phenoxy) is 1. The molecule has 3 saturated heterocycles. The zero-order valence-electron chi connectivity index (χ0n) is 15.6. The van der Waals surface area contributed by atoms with Crippen molar-refractivity contribution in [1.29, 1.82) is 0 Å². The van der Waals surface area contributed by atoms with Crippen molar-refractivity contribution >= 4 is 11.9 Å². The van der Waals surface area contributed by atoms with E-state index in [1.165, 1.54) is 25.7 Å². The van der Waals surface area contributed by atoms with Crippen LogP contribution in [0.1, 0.15) is 57.8 Å². The number of amides is 1. The third-order valence-electron chi connectivity index (χ3n) is 7.23. The van der Waals surface area contributed by atoms with Gasteiger partial charge in [-0.3, -0.25) is 14.5 Å². The minimum atomic E-state index is -0.739. The van der Waals surface area contributed by atoms with Gasteiger partial charge in [0.05, 0.1) is 18.1 Å². The van der Waals surface area contributed by atoms with Crippen molar-refractivity contribution in [1.82, 2.24) is 10.2 Å². The normalized spacial score (nSPS) is 37.5. The summed E-state index contributed by atoms with van der Waals surface area (Å²) in [6, 6.07) is 0. The van der Waals surface area contributed by atoms with Gasteiger partial charge in [0.15, 0.2) is 0 Å². The van der Waals surface area contributed by atoms with E-state index in [9.17, 15) is 9.59 Å². The number of carbonyl (C=O) groups excluding carboxylic acids is 1. The third kappa shape index (κ3) is 3.50. The first-order valence-corrected chi connectivity index (χ1v) is 10.5. The molecular weight excluding hydrogens is 332 g/mol. The molecule has 3 aliphatic heterocycles. The maximum atomic E-state index is 12.6. The van der Waals surface area contributed by atoms with E-state index in [0.717, 1.165) is 45.3 Å². The Morgan fingerprint density at radius 3 is 2.65 bits per heavy atom. The van der Waals surface area contributed by atoms with E-state index in [1.807, 2.05) is 0 Å². The first-order chi connectivity index (χ1) is 12.6. The van der Waals surface area contributed by atoms with E-state index >= 15 is 0 Å². The minimum Gasteiger partial charge on any atom is -0.481 e. The second-order valence-corrected chi connectivity index (χ2v) is 8.84. The molecule has 1 amide bonds. The lowest BCUT2D eigenvalue weighted by Gasteiger charge is -2.30. The molecule has 0 aromatic carbocycles. The Morgan fingerprint density at radius 2 is 1.92 bits per heavy atom. The highest BCUT2D eigenvalue weighted by Crippen LogP contribution is 2.54. The summed E-state index contributed by atoms with van der Waals surface area (Å²) in [4.78, 5) is 25.7. The van der Waals surface area contributed by atoms with Gasteiger partial charge in [-0.15, -0.1) is 0 Å². The fourth-order valence-electron chi connectivity index (χ4n) is 5.89. The van der Waals surface area contributed by atoms with Gasteiger partial charge in [0.2, 0.25) is 5.91 Å². The summed E-state index contributed by atoms with van der Waals surface area (Å²) < 4.78 is 6.39. The summed E-state index contributed by atoms with van der Waals surface area (Å²) in [5.41, 5.74) is -0.0825. The van der Waals surface area contributed by atoms with E-state index in [1.54, 1.807) is 0 Å². The second-order valence-electron chi connectivity index (χ2n) is 8.84. The summed E-state index contributed by atoms with van der Waals surface area (Å²) in [6.07, 6.45) is 9.57. The molecule has 26 heavy (non-hydrogen) atoms. The van der Waals surface area contributed by atoms with Gasteiger partial charge in [0, 0.05) is 43.9 Å². The van der Waals surface area contributed by atoms with E-state index in [-0.39, 0.29) is 30.0 Å². The summed E-state index contributed by atoms with van der Waals surface area (Å²) >= 11 is 0. The Labute approximate surface area is 155 Å². The molecule has 6 heteroatoms. The number of likely N-dealkylation sites (tertiary alicyclic amines) is 1. The Hall–Kier alpha value is -1.14. The lowest BCUT2D eigenvalue weighted by atomic mass is 9.73. The van der Waals surface area contributed by atoms with Crippen molar-refractivity contribution in [2.45, 2.75) is 69.5 Å². The summed E-state index contributed by atoms with van der Waals surface area (Å²) in [7, 11) is 0. The van der Waals surface area contributed by atoms with Crippen LogP contribution in [-0.2, 0) is 14.3 Å². The van der Waals surface area contributed by atoms with Crippen molar-refractivity contribution < 1.29 is 19.4 Å². The Balaban J connectivity index is 1.32. The highest BCUT2D eigenvalue weighted by atomic mass is 16.5.